The minimum absolute atomic E-state index is 0.0768. The Kier molecular flexibility index (Phi) is 6.66. The Morgan fingerprint density at radius 1 is 1.12 bits per heavy atom. The van der Waals surface area contributed by atoms with Gasteiger partial charge in [-0.3, -0.25) is 9.59 Å². The number of fused-ring (bicyclic) bond motifs is 1. The van der Waals surface area contributed by atoms with Crippen molar-refractivity contribution in [2.75, 3.05) is 49.6 Å². The van der Waals surface area contributed by atoms with Gasteiger partial charge >= 0.3 is 6.18 Å². The van der Waals surface area contributed by atoms with Crippen LogP contribution in [0.3, 0.4) is 0 Å². The SMILES string of the molecule is O=C(CN1CC(C(=O)N2CCOCC2)Oc2ccccc21)Nc1ccc(Cl)cc1C(F)(F)F. The molecular weight excluding hydrogens is 463 g/mol. The van der Waals surface area contributed by atoms with Crippen molar-refractivity contribution < 1.29 is 32.2 Å². The van der Waals surface area contributed by atoms with E-state index in [-0.39, 0.29) is 29.7 Å². The smallest absolute Gasteiger partial charge is 0.418 e. The van der Waals surface area contributed by atoms with Gasteiger partial charge in [0.05, 0.1) is 43.2 Å². The lowest BCUT2D eigenvalue weighted by Gasteiger charge is -2.38. The maximum absolute atomic E-state index is 13.4. The number of halogens is 4. The molecule has 7 nitrogen and oxygen atoms in total. The first-order chi connectivity index (χ1) is 15.7. The third kappa shape index (κ3) is 5.33. The summed E-state index contributed by atoms with van der Waals surface area (Å²) in [7, 11) is 0. The number of amides is 2. The molecule has 1 N–H and O–H groups in total. The summed E-state index contributed by atoms with van der Waals surface area (Å²) < 4.78 is 51.3. The molecule has 1 atom stereocenters. The fourth-order valence-corrected chi connectivity index (χ4v) is 3.97. The van der Waals surface area contributed by atoms with Crippen LogP contribution in [0.4, 0.5) is 24.5 Å². The molecule has 2 aliphatic rings. The molecule has 2 aromatic rings. The third-order valence-electron chi connectivity index (χ3n) is 5.36. The van der Waals surface area contributed by atoms with Gasteiger partial charge in [0, 0.05) is 18.1 Å². The fraction of sp³-hybridized carbons (Fsp3) is 0.364. The van der Waals surface area contributed by atoms with Crippen molar-refractivity contribution in [3.05, 3.63) is 53.1 Å². The Hall–Kier alpha value is -2.98. The van der Waals surface area contributed by atoms with E-state index in [1.54, 1.807) is 34.1 Å². The van der Waals surface area contributed by atoms with E-state index in [0.717, 1.165) is 12.1 Å². The van der Waals surface area contributed by atoms with Gasteiger partial charge in [-0.1, -0.05) is 23.7 Å². The molecule has 0 spiro atoms. The first-order valence-corrected chi connectivity index (χ1v) is 10.6. The lowest BCUT2D eigenvalue weighted by molar-refractivity contribution is -0.142. The van der Waals surface area contributed by atoms with Gasteiger partial charge < -0.3 is 24.6 Å². The normalized spacial score (nSPS) is 18.4. The number of carbonyl (C=O) groups is 2. The van der Waals surface area contributed by atoms with Gasteiger partial charge in [0.25, 0.3) is 5.91 Å². The maximum atomic E-state index is 13.4. The van der Waals surface area contributed by atoms with Crippen LogP contribution in [0, 0.1) is 0 Å². The first kappa shape index (κ1) is 23.2. The van der Waals surface area contributed by atoms with Gasteiger partial charge in [-0.2, -0.15) is 13.2 Å². The van der Waals surface area contributed by atoms with Crippen molar-refractivity contribution in [1.82, 2.24) is 4.90 Å². The molecule has 1 saturated heterocycles. The van der Waals surface area contributed by atoms with Crippen molar-refractivity contribution >= 4 is 34.8 Å². The van der Waals surface area contributed by atoms with Crippen LogP contribution in [0.2, 0.25) is 5.02 Å². The lowest BCUT2D eigenvalue weighted by Crippen LogP contribution is -2.53. The zero-order valence-corrected chi connectivity index (χ0v) is 18.2. The Labute approximate surface area is 193 Å². The molecule has 0 aliphatic carbocycles. The summed E-state index contributed by atoms with van der Waals surface area (Å²) in [6.45, 7) is 1.56. The predicted molar refractivity (Wildman–Crippen MR) is 116 cm³/mol. The standard InChI is InChI=1S/C22H21ClF3N3O4/c23-14-5-6-16(15(11-14)22(24,25)26)27-20(30)13-29-12-19(21(31)28-7-9-32-10-8-28)33-18-4-2-1-3-17(18)29/h1-6,11,19H,7-10,12-13H2,(H,27,30). The van der Waals surface area contributed by atoms with Crippen molar-refractivity contribution in [3.63, 3.8) is 0 Å². The molecule has 0 bridgehead atoms. The number of carbonyl (C=O) groups excluding carboxylic acids is 2. The molecule has 2 aromatic carbocycles. The van der Waals surface area contributed by atoms with Gasteiger partial charge in [0.1, 0.15) is 5.75 Å². The molecule has 11 heteroatoms. The topological polar surface area (TPSA) is 71.1 Å². The minimum atomic E-state index is -4.69. The number of morpholine rings is 1. The third-order valence-corrected chi connectivity index (χ3v) is 5.59. The Bertz CT molecular complexity index is 1040. The highest BCUT2D eigenvalue weighted by atomic mass is 35.5. The molecule has 2 aliphatic heterocycles. The van der Waals surface area contributed by atoms with Gasteiger partial charge in [0.2, 0.25) is 5.91 Å². The van der Waals surface area contributed by atoms with E-state index in [9.17, 15) is 22.8 Å². The second kappa shape index (κ2) is 9.48. The largest absolute Gasteiger partial charge is 0.477 e. The molecule has 4 rings (SSSR count). The number of rotatable bonds is 4. The van der Waals surface area contributed by atoms with Gasteiger partial charge in [-0.05, 0) is 30.3 Å². The summed E-state index contributed by atoms with van der Waals surface area (Å²) >= 11 is 5.70. The Balaban J connectivity index is 1.52. The average molecular weight is 484 g/mol. The number of nitrogens with zero attached hydrogens (tertiary/aromatic N) is 2. The molecule has 33 heavy (non-hydrogen) atoms. The molecule has 176 valence electrons. The number of hydrogen-bond acceptors (Lipinski definition) is 5. The van der Waals surface area contributed by atoms with Crippen LogP contribution in [0.15, 0.2) is 42.5 Å². The van der Waals surface area contributed by atoms with E-state index in [1.807, 2.05) is 0 Å². The van der Waals surface area contributed by atoms with Gasteiger partial charge in [0.15, 0.2) is 6.10 Å². The first-order valence-electron chi connectivity index (χ1n) is 10.3. The second-order valence-corrected chi connectivity index (χ2v) is 8.06. The lowest BCUT2D eigenvalue weighted by atomic mass is 10.1. The molecule has 2 amide bonds. The van der Waals surface area contributed by atoms with E-state index >= 15 is 0 Å². The number of anilines is 2. The number of para-hydroxylation sites is 2. The summed E-state index contributed by atoms with van der Waals surface area (Å²) in [5.74, 6) is -0.474. The van der Waals surface area contributed by atoms with Crippen LogP contribution in [0.1, 0.15) is 5.56 Å². The quantitative estimate of drug-likeness (QED) is 0.721. The highest BCUT2D eigenvalue weighted by Gasteiger charge is 2.36. The van der Waals surface area contributed by atoms with E-state index in [2.05, 4.69) is 5.32 Å². The van der Waals surface area contributed by atoms with Gasteiger partial charge in [-0.15, -0.1) is 0 Å². The van der Waals surface area contributed by atoms with Gasteiger partial charge in [-0.25, -0.2) is 0 Å². The van der Waals surface area contributed by atoms with Crippen LogP contribution < -0.4 is 15.0 Å². The van der Waals surface area contributed by atoms with Crippen LogP contribution in [-0.4, -0.2) is 62.2 Å². The second-order valence-electron chi connectivity index (χ2n) is 7.63. The van der Waals surface area contributed by atoms with Crippen LogP contribution >= 0.6 is 11.6 Å². The number of ether oxygens (including phenoxy) is 2. The summed E-state index contributed by atoms with van der Waals surface area (Å²) in [5.41, 5.74) is -0.851. The maximum Gasteiger partial charge on any atom is 0.418 e. The molecule has 0 aromatic heterocycles. The fourth-order valence-electron chi connectivity index (χ4n) is 3.80. The predicted octanol–water partition coefficient (Wildman–Crippen LogP) is 3.42. The average Bonchev–Trinajstić information content (AvgIpc) is 2.79. The minimum Gasteiger partial charge on any atom is -0.477 e. The molecular formula is C22H21ClF3N3O4. The Morgan fingerprint density at radius 3 is 2.58 bits per heavy atom. The van der Waals surface area contributed by atoms with Crippen LogP contribution in [0.5, 0.6) is 5.75 Å². The zero-order chi connectivity index (χ0) is 23.6. The van der Waals surface area contributed by atoms with E-state index in [4.69, 9.17) is 21.1 Å². The Morgan fingerprint density at radius 2 is 1.85 bits per heavy atom. The molecule has 2 heterocycles. The van der Waals surface area contributed by atoms with Crippen molar-refractivity contribution in [3.8, 4) is 5.75 Å². The number of nitrogens with one attached hydrogen (secondary N) is 1. The van der Waals surface area contributed by atoms with E-state index in [0.29, 0.717) is 37.7 Å². The highest BCUT2D eigenvalue weighted by Crippen LogP contribution is 2.37. The van der Waals surface area contributed by atoms with Crippen molar-refractivity contribution in [1.29, 1.82) is 0 Å². The van der Waals surface area contributed by atoms with E-state index in [1.165, 1.54) is 6.07 Å². The summed E-state index contributed by atoms with van der Waals surface area (Å²) in [6.07, 6.45) is -5.54. The molecule has 1 fully saturated rings. The van der Waals surface area contributed by atoms with Crippen LogP contribution in [-0.2, 0) is 20.5 Å². The van der Waals surface area contributed by atoms with Crippen LogP contribution in [0.25, 0.3) is 0 Å². The number of alkyl halides is 3. The summed E-state index contributed by atoms with van der Waals surface area (Å²) in [6, 6.07) is 10.0. The van der Waals surface area contributed by atoms with Crippen molar-refractivity contribution in [2.24, 2.45) is 0 Å². The summed E-state index contributed by atoms with van der Waals surface area (Å²) in [4.78, 5) is 28.9. The highest BCUT2D eigenvalue weighted by molar-refractivity contribution is 6.30. The van der Waals surface area contributed by atoms with Crippen molar-refractivity contribution in [2.45, 2.75) is 12.3 Å². The van der Waals surface area contributed by atoms with E-state index < -0.39 is 23.8 Å². The molecule has 0 radical (unpaired) electrons. The molecule has 1 unspecified atom stereocenters. The number of hydrogen-bond donors (Lipinski definition) is 1. The molecule has 0 saturated carbocycles. The monoisotopic (exact) mass is 483 g/mol. The summed E-state index contributed by atoms with van der Waals surface area (Å²) in [5, 5.41) is 2.23. The number of benzene rings is 2. The zero-order valence-electron chi connectivity index (χ0n) is 17.4.